The van der Waals surface area contributed by atoms with Crippen molar-refractivity contribution in [3.63, 3.8) is 0 Å². The van der Waals surface area contributed by atoms with E-state index < -0.39 is 5.97 Å². The Balaban J connectivity index is 3.26. The number of carbonyl (C=O) groups is 1. The molecule has 1 heterocycles. The third-order valence-corrected chi connectivity index (χ3v) is 1.53. The normalized spacial score (nSPS) is 9.50. The molecule has 0 unspecified atom stereocenters. The summed E-state index contributed by atoms with van der Waals surface area (Å²) in [5, 5.41) is 0. The van der Waals surface area contributed by atoms with Crippen molar-refractivity contribution < 1.29 is 9.53 Å². The lowest BCUT2D eigenvalue weighted by Crippen LogP contribution is -2.23. The number of pyridine rings is 1. The monoisotopic (exact) mass is 167 g/mol. The van der Waals surface area contributed by atoms with Gasteiger partial charge in [0.25, 0.3) is 5.56 Å². The molecule has 1 aromatic rings. The Morgan fingerprint density at radius 2 is 2.25 bits per heavy atom. The van der Waals surface area contributed by atoms with Crippen LogP contribution < -0.4 is 5.56 Å². The smallest absolute Gasteiger partial charge is 0.343 e. The summed E-state index contributed by atoms with van der Waals surface area (Å²) >= 11 is 0. The summed E-state index contributed by atoms with van der Waals surface area (Å²) in [6, 6.07) is 3.06. The van der Waals surface area contributed by atoms with Crippen molar-refractivity contribution in [1.82, 2.24) is 4.57 Å². The van der Waals surface area contributed by atoms with Crippen molar-refractivity contribution in [1.29, 1.82) is 0 Å². The van der Waals surface area contributed by atoms with E-state index in [2.05, 4.69) is 4.74 Å². The highest BCUT2D eigenvalue weighted by molar-refractivity contribution is 5.88. The van der Waals surface area contributed by atoms with Crippen LogP contribution in [0.3, 0.4) is 0 Å². The number of carbonyl (C=O) groups excluding carboxylic acids is 1. The summed E-state index contributed by atoms with van der Waals surface area (Å²) in [6.07, 6.45) is 1.58. The Bertz CT molecular complexity index is 354. The van der Waals surface area contributed by atoms with E-state index in [4.69, 9.17) is 0 Å². The van der Waals surface area contributed by atoms with Crippen molar-refractivity contribution in [2.24, 2.45) is 7.05 Å². The minimum atomic E-state index is -0.601. The van der Waals surface area contributed by atoms with Gasteiger partial charge in [0.1, 0.15) is 5.56 Å². The molecule has 0 aliphatic rings. The molecule has 0 radical (unpaired) electrons. The minimum Gasteiger partial charge on any atom is -0.465 e. The second kappa shape index (κ2) is 3.21. The standard InChI is InChI=1S/C8H9NO3/c1-9-5-3-4-6(7(9)10)8(11)12-2/h3-5H,1-2H3. The zero-order valence-corrected chi connectivity index (χ0v) is 6.90. The van der Waals surface area contributed by atoms with Crippen LogP contribution in [0.2, 0.25) is 0 Å². The van der Waals surface area contributed by atoms with E-state index in [9.17, 15) is 9.59 Å². The molecular formula is C8H9NO3. The molecule has 0 N–H and O–H groups in total. The van der Waals surface area contributed by atoms with Crippen LogP contribution in [0.5, 0.6) is 0 Å². The van der Waals surface area contributed by atoms with Gasteiger partial charge in [-0.15, -0.1) is 0 Å². The van der Waals surface area contributed by atoms with Crippen molar-refractivity contribution >= 4 is 5.97 Å². The molecule has 0 aliphatic heterocycles. The fourth-order valence-corrected chi connectivity index (χ4v) is 0.863. The van der Waals surface area contributed by atoms with E-state index in [-0.39, 0.29) is 11.1 Å². The van der Waals surface area contributed by atoms with Crippen LogP contribution in [-0.4, -0.2) is 17.6 Å². The Morgan fingerprint density at radius 3 is 2.83 bits per heavy atom. The maximum atomic E-state index is 11.2. The van der Waals surface area contributed by atoms with Crippen LogP contribution in [-0.2, 0) is 11.8 Å². The summed E-state index contributed by atoms with van der Waals surface area (Å²) in [5.41, 5.74) is -0.285. The molecule has 0 spiro atoms. The molecule has 0 saturated heterocycles. The lowest BCUT2D eigenvalue weighted by molar-refractivity contribution is 0.0598. The molecule has 0 aliphatic carbocycles. The van der Waals surface area contributed by atoms with Gasteiger partial charge in [0, 0.05) is 13.2 Å². The zero-order valence-electron chi connectivity index (χ0n) is 6.90. The number of aromatic nitrogens is 1. The average molecular weight is 167 g/mol. The summed E-state index contributed by atoms with van der Waals surface area (Å²) < 4.78 is 5.75. The average Bonchev–Trinajstić information content (AvgIpc) is 2.08. The summed E-state index contributed by atoms with van der Waals surface area (Å²) in [5.74, 6) is -0.601. The number of ether oxygens (including phenoxy) is 1. The lowest BCUT2D eigenvalue weighted by Gasteiger charge is -1.99. The van der Waals surface area contributed by atoms with Gasteiger partial charge in [0.15, 0.2) is 0 Å². The first-order valence-electron chi connectivity index (χ1n) is 3.40. The van der Waals surface area contributed by atoms with Gasteiger partial charge in [-0.3, -0.25) is 4.79 Å². The second-order valence-corrected chi connectivity index (χ2v) is 2.33. The van der Waals surface area contributed by atoms with E-state index in [1.54, 1.807) is 19.3 Å². The maximum Gasteiger partial charge on any atom is 0.343 e. The Kier molecular flexibility index (Phi) is 2.28. The van der Waals surface area contributed by atoms with Crippen LogP contribution in [0.4, 0.5) is 0 Å². The van der Waals surface area contributed by atoms with Crippen LogP contribution in [0.25, 0.3) is 0 Å². The number of methoxy groups -OCH3 is 1. The summed E-state index contributed by atoms with van der Waals surface area (Å²) in [4.78, 5) is 22.2. The Labute approximate surface area is 69.4 Å². The van der Waals surface area contributed by atoms with E-state index in [0.29, 0.717) is 0 Å². The third-order valence-electron chi connectivity index (χ3n) is 1.53. The highest BCUT2D eigenvalue weighted by Gasteiger charge is 2.09. The zero-order chi connectivity index (χ0) is 9.14. The second-order valence-electron chi connectivity index (χ2n) is 2.33. The van der Waals surface area contributed by atoms with Crippen molar-refractivity contribution in [2.45, 2.75) is 0 Å². The summed E-state index contributed by atoms with van der Waals surface area (Å²) in [6.45, 7) is 0. The number of rotatable bonds is 1. The van der Waals surface area contributed by atoms with Gasteiger partial charge in [-0.2, -0.15) is 0 Å². The molecule has 0 aromatic carbocycles. The predicted molar refractivity (Wildman–Crippen MR) is 43.0 cm³/mol. The third kappa shape index (κ3) is 1.37. The molecule has 1 aromatic heterocycles. The first kappa shape index (κ1) is 8.52. The molecule has 4 heteroatoms. The number of hydrogen-bond donors (Lipinski definition) is 0. The fourth-order valence-electron chi connectivity index (χ4n) is 0.863. The van der Waals surface area contributed by atoms with Gasteiger partial charge in [0.05, 0.1) is 7.11 Å². The summed E-state index contributed by atoms with van der Waals surface area (Å²) in [7, 11) is 2.82. The molecule has 4 nitrogen and oxygen atoms in total. The molecule has 0 atom stereocenters. The van der Waals surface area contributed by atoms with Gasteiger partial charge in [0.2, 0.25) is 0 Å². The first-order chi connectivity index (χ1) is 5.66. The van der Waals surface area contributed by atoms with E-state index >= 15 is 0 Å². The van der Waals surface area contributed by atoms with Crippen LogP contribution in [0, 0.1) is 0 Å². The Morgan fingerprint density at radius 1 is 1.58 bits per heavy atom. The molecule has 12 heavy (non-hydrogen) atoms. The fraction of sp³-hybridized carbons (Fsp3) is 0.250. The SMILES string of the molecule is COC(=O)c1cccn(C)c1=O. The van der Waals surface area contributed by atoms with Gasteiger partial charge in [-0.05, 0) is 12.1 Å². The number of aryl methyl sites for hydroxylation is 1. The largest absolute Gasteiger partial charge is 0.465 e. The number of hydrogen-bond acceptors (Lipinski definition) is 3. The van der Waals surface area contributed by atoms with E-state index in [0.717, 1.165) is 0 Å². The van der Waals surface area contributed by atoms with Crippen molar-refractivity contribution in [3.8, 4) is 0 Å². The van der Waals surface area contributed by atoms with Crippen molar-refractivity contribution in [3.05, 3.63) is 34.2 Å². The van der Waals surface area contributed by atoms with E-state index in [1.807, 2.05) is 0 Å². The van der Waals surface area contributed by atoms with Crippen LogP contribution >= 0.6 is 0 Å². The van der Waals surface area contributed by atoms with Gasteiger partial charge < -0.3 is 9.30 Å². The maximum absolute atomic E-state index is 11.2. The quantitative estimate of drug-likeness (QED) is 0.560. The molecular weight excluding hydrogens is 158 g/mol. The number of esters is 1. The van der Waals surface area contributed by atoms with Gasteiger partial charge in [-0.1, -0.05) is 0 Å². The molecule has 0 fully saturated rings. The minimum absolute atomic E-state index is 0.0579. The van der Waals surface area contributed by atoms with Crippen LogP contribution in [0.1, 0.15) is 10.4 Å². The first-order valence-corrected chi connectivity index (χ1v) is 3.40. The lowest BCUT2D eigenvalue weighted by atomic mass is 10.3. The van der Waals surface area contributed by atoms with Gasteiger partial charge in [-0.25, -0.2) is 4.79 Å². The van der Waals surface area contributed by atoms with Crippen LogP contribution in [0.15, 0.2) is 23.1 Å². The van der Waals surface area contributed by atoms with Crippen molar-refractivity contribution in [2.75, 3.05) is 7.11 Å². The van der Waals surface area contributed by atoms with E-state index in [1.165, 1.54) is 17.7 Å². The molecule has 1 rings (SSSR count). The Hall–Kier alpha value is -1.58. The topological polar surface area (TPSA) is 48.3 Å². The number of nitrogens with zero attached hydrogens (tertiary/aromatic N) is 1. The molecule has 0 saturated carbocycles. The highest BCUT2D eigenvalue weighted by atomic mass is 16.5. The molecule has 0 bridgehead atoms. The molecule has 0 amide bonds. The van der Waals surface area contributed by atoms with Gasteiger partial charge >= 0.3 is 5.97 Å². The molecule has 64 valence electrons. The predicted octanol–water partition coefficient (Wildman–Crippen LogP) is 0.172. The highest BCUT2D eigenvalue weighted by Crippen LogP contribution is 1.92.